The molecule has 0 saturated heterocycles. The van der Waals surface area contributed by atoms with Crippen molar-refractivity contribution in [1.82, 2.24) is 0 Å². The lowest BCUT2D eigenvalue weighted by molar-refractivity contribution is 0.490. The predicted octanol–water partition coefficient (Wildman–Crippen LogP) is 6.00. The van der Waals surface area contributed by atoms with Crippen LogP contribution in [0.25, 0.3) is 0 Å². The summed E-state index contributed by atoms with van der Waals surface area (Å²) in [5.41, 5.74) is 0. The molecule has 0 spiro atoms. The lowest BCUT2D eigenvalue weighted by Gasteiger charge is -2.07. The molecule has 0 saturated carbocycles. The van der Waals surface area contributed by atoms with Crippen LogP contribution in [0.4, 0.5) is 0 Å². The maximum absolute atomic E-state index is 3.38. The minimum atomic E-state index is 0.821. The Morgan fingerprint density at radius 2 is 1.79 bits per heavy atom. The number of allylic oxidation sites excluding steroid dienone is 1. The molecule has 0 heterocycles. The molecule has 0 unspecified atom stereocenters. The number of hydrogen-bond donors (Lipinski definition) is 0. The molecule has 0 aliphatic rings. The van der Waals surface area contributed by atoms with Crippen molar-refractivity contribution in [2.45, 2.75) is 58.8 Å². The van der Waals surface area contributed by atoms with Crippen LogP contribution in [-0.4, -0.2) is 0 Å². The second-order valence-electron chi connectivity index (χ2n) is 4.04. The molecule has 0 amide bonds. The van der Waals surface area contributed by atoms with Gasteiger partial charge in [-0.1, -0.05) is 58.4 Å². The van der Waals surface area contributed by atoms with Crippen molar-refractivity contribution in [3.8, 4) is 0 Å². The van der Waals surface area contributed by atoms with Gasteiger partial charge in [0.25, 0.3) is 0 Å². The summed E-state index contributed by atoms with van der Waals surface area (Å²) in [7, 11) is 0. The highest BCUT2D eigenvalue weighted by Gasteiger charge is 1.99. The molecule has 0 aliphatic carbocycles. The third kappa shape index (κ3) is 10.8. The lowest BCUT2D eigenvalue weighted by atomic mass is 9.99. The first-order valence-electron chi connectivity index (χ1n) is 5.68. The van der Waals surface area contributed by atoms with Gasteiger partial charge in [0.05, 0.1) is 3.39 Å². The Balaban J connectivity index is 3.27. The van der Waals surface area contributed by atoms with E-state index in [2.05, 4.69) is 51.8 Å². The molecular formula is C12H22Br2. The largest absolute Gasteiger partial charge is 0.0654 e. The average Bonchev–Trinajstić information content (AvgIpc) is 2.14. The minimum absolute atomic E-state index is 0.821. The third-order valence-corrected chi connectivity index (χ3v) is 3.12. The number of halogens is 2. The van der Waals surface area contributed by atoms with E-state index in [0.717, 1.165) is 9.31 Å². The van der Waals surface area contributed by atoms with Gasteiger partial charge in [-0.15, -0.1) is 0 Å². The molecule has 0 fully saturated rings. The normalized spacial score (nSPS) is 12.6. The van der Waals surface area contributed by atoms with E-state index in [0.29, 0.717) is 0 Å². The Morgan fingerprint density at radius 3 is 2.36 bits per heavy atom. The van der Waals surface area contributed by atoms with E-state index in [1.54, 1.807) is 0 Å². The Hall–Kier alpha value is 0.700. The lowest BCUT2D eigenvalue weighted by Crippen LogP contribution is -1.92. The quantitative estimate of drug-likeness (QED) is 0.480. The fourth-order valence-corrected chi connectivity index (χ4v) is 1.88. The summed E-state index contributed by atoms with van der Waals surface area (Å²) in [5, 5.41) is 0. The van der Waals surface area contributed by atoms with Crippen LogP contribution in [0.2, 0.25) is 0 Å². The molecule has 14 heavy (non-hydrogen) atoms. The standard InChI is InChI=1S/C12H22Br2/c1-3-4-5-6-7-8-11(2)9-10-12(13)14/h10-11H,3-9H2,1-2H3/t11-/m1/s1. The van der Waals surface area contributed by atoms with Gasteiger partial charge in [0.1, 0.15) is 0 Å². The summed E-state index contributed by atoms with van der Waals surface area (Å²) in [4.78, 5) is 0. The topological polar surface area (TPSA) is 0 Å². The van der Waals surface area contributed by atoms with E-state index in [-0.39, 0.29) is 0 Å². The van der Waals surface area contributed by atoms with Gasteiger partial charge < -0.3 is 0 Å². The molecule has 0 aliphatic heterocycles. The summed E-state index contributed by atoms with van der Waals surface area (Å²) < 4.78 is 1.09. The van der Waals surface area contributed by atoms with Gasteiger partial charge in [-0.25, -0.2) is 0 Å². The van der Waals surface area contributed by atoms with Crippen LogP contribution in [0, 0.1) is 5.92 Å². The Kier molecular flexibility index (Phi) is 10.7. The fraction of sp³-hybridized carbons (Fsp3) is 0.833. The van der Waals surface area contributed by atoms with Gasteiger partial charge in [-0.05, 0) is 44.2 Å². The first-order chi connectivity index (χ1) is 6.66. The number of rotatable bonds is 8. The van der Waals surface area contributed by atoms with Crippen LogP contribution < -0.4 is 0 Å². The zero-order valence-electron chi connectivity index (χ0n) is 9.36. The van der Waals surface area contributed by atoms with Crippen LogP contribution in [-0.2, 0) is 0 Å². The molecule has 0 radical (unpaired) electrons. The van der Waals surface area contributed by atoms with E-state index in [4.69, 9.17) is 0 Å². The van der Waals surface area contributed by atoms with Gasteiger partial charge in [-0.2, -0.15) is 0 Å². The molecule has 84 valence electrons. The number of hydrogen-bond acceptors (Lipinski definition) is 0. The maximum atomic E-state index is 3.38. The first-order valence-corrected chi connectivity index (χ1v) is 7.26. The van der Waals surface area contributed by atoms with Gasteiger partial charge in [0.2, 0.25) is 0 Å². The zero-order chi connectivity index (χ0) is 10.8. The zero-order valence-corrected chi connectivity index (χ0v) is 12.5. The van der Waals surface area contributed by atoms with E-state index in [9.17, 15) is 0 Å². The van der Waals surface area contributed by atoms with E-state index >= 15 is 0 Å². The van der Waals surface area contributed by atoms with Gasteiger partial charge in [-0.3, -0.25) is 0 Å². The van der Waals surface area contributed by atoms with Gasteiger partial charge in [0, 0.05) is 0 Å². The molecule has 2 heteroatoms. The summed E-state index contributed by atoms with van der Waals surface area (Å²) in [5.74, 6) is 0.821. The predicted molar refractivity (Wildman–Crippen MR) is 73.1 cm³/mol. The summed E-state index contributed by atoms with van der Waals surface area (Å²) in [6.45, 7) is 4.60. The van der Waals surface area contributed by atoms with Crippen LogP contribution in [0.15, 0.2) is 9.47 Å². The van der Waals surface area contributed by atoms with Gasteiger partial charge >= 0.3 is 0 Å². The van der Waals surface area contributed by atoms with Crippen molar-refractivity contribution in [1.29, 1.82) is 0 Å². The summed E-state index contributed by atoms with van der Waals surface area (Å²) in [6, 6.07) is 0. The highest BCUT2D eigenvalue weighted by molar-refractivity contribution is 9.28. The number of unbranched alkanes of at least 4 members (excludes halogenated alkanes) is 4. The molecule has 0 bridgehead atoms. The summed E-state index contributed by atoms with van der Waals surface area (Å²) in [6.07, 6.45) is 11.7. The van der Waals surface area contributed by atoms with Crippen LogP contribution in [0.5, 0.6) is 0 Å². The molecule has 0 aromatic rings. The monoisotopic (exact) mass is 324 g/mol. The van der Waals surface area contributed by atoms with Gasteiger partial charge in [0.15, 0.2) is 0 Å². The molecule has 0 aromatic carbocycles. The Bertz CT molecular complexity index is 148. The van der Waals surface area contributed by atoms with Crippen molar-refractivity contribution >= 4 is 31.9 Å². The highest BCUT2D eigenvalue weighted by atomic mass is 79.9. The van der Waals surface area contributed by atoms with E-state index in [1.165, 1.54) is 44.9 Å². The van der Waals surface area contributed by atoms with Crippen LogP contribution in [0.1, 0.15) is 58.8 Å². The first kappa shape index (κ1) is 14.7. The molecule has 0 nitrogen and oxygen atoms in total. The Morgan fingerprint density at radius 1 is 1.14 bits per heavy atom. The fourth-order valence-electron chi connectivity index (χ4n) is 1.50. The summed E-state index contributed by atoms with van der Waals surface area (Å²) >= 11 is 6.77. The third-order valence-electron chi connectivity index (χ3n) is 2.48. The van der Waals surface area contributed by atoms with Crippen molar-refractivity contribution in [2.75, 3.05) is 0 Å². The molecule has 0 N–H and O–H groups in total. The highest BCUT2D eigenvalue weighted by Crippen LogP contribution is 2.19. The molecular weight excluding hydrogens is 304 g/mol. The second-order valence-corrected chi connectivity index (χ2v) is 6.81. The van der Waals surface area contributed by atoms with Crippen molar-refractivity contribution in [3.63, 3.8) is 0 Å². The smallest absolute Gasteiger partial charge is 0.0564 e. The minimum Gasteiger partial charge on any atom is -0.0654 e. The second kappa shape index (κ2) is 10.2. The van der Waals surface area contributed by atoms with E-state index < -0.39 is 0 Å². The SMILES string of the molecule is CCCCCCC[C@@H](C)CC=C(Br)Br. The molecule has 1 atom stereocenters. The van der Waals surface area contributed by atoms with E-state index in [1.807, 2.05) is 0 Å². The van der Waals surface area contributed by atoms with Crippen molar-refractivity contribution < 1.29 is 0 Å². The van der Waals surface area contributed by atoms with Crippen molar-refractivity contribution in [2.24, 2.45) is 5.92 Å². The van der Waals surface area contributed by atoms with Crippen LogP contribution in [0.3, 0.4) is 0 Å². The molecule has 0 rings (SSSR count). The van der Waals surface area contributed by atoms with Crippen LogP contribution >= 0.6 is 31.9 Å². The maximum Gasteiger partial charge on any atom is 0.0564 e. The Labute approximate surface area is 106 Å². The molecule has 0 aromatic heterocycles. The average molecular weight is 326 g/mol. The van der Waals surface area contributed by atoms with Crippen molar-refractivity contribution in [3.05, 3.63) is 9.47 Å².